The molecule has 9 aromatic rings. The highest BCUT2D eigenvalue weighted by atomic mass is 35.5. The number of aliphatic hydroxyl groups excluding tert-OH is 2. The third-order valence-electron chi connectivity index (χ3n) is 21.3. The van der Waals surface area contributed by atoms with Gasteiger partial charge >= 0.3 is 0 Å². The van der Waals surface area contributed by atoms with E-state index in [1.165, 1.54) is 62.5 Å². The fraction of sp³-hybridized carbons (Fsp3) is 0.645. The summed E-state index contributed by atoms with van der Waals surface area (Å²) in [6.45, 7) is 93.2. The molecule has 0 atom stereocenters. The number of hydrogen-bond donors (Lipinski definition) is 3. The minimum Gasteiger partial charge on any atom is -0.392 e. The van der Waals surface area contributed by atoms with Crippen molar-refractivity contribution in [2.45, 2.75) is 388 Å². The second-order valence-electron chi connectivity index (χ2n) is 42.5. The molecule has 0 spiro atoms. The lowest BCUT2D eigenvalue weighted by atomic mass is 10.1. The number of aromatic nitrogens is 9. The van der Waals surface area contributed by atoms with Gasteiger partial charge in [-0.05, 0) is 216 Å². The molecule has 4 N–H and O–H groups in total. The Hall–Kier alpha value is -7.86. The molecule has 128 heavy (non-hydrogen) atoms. The lowest BCUT2D eigenvalue weighted by Crippen LogP contribution is -2.26. The van der Waals surface area contributed by atoms with Gasteiger partial charge in [0, 0.05) is 181 Å². The molecule has 0 aliphatic rings. The van der Waals surface area contributed by atoms with Gasteiger partial charge in [0.15, 0.2) is 0 Å². The van der Waals surface area contributed by atoms with Crippen LogP contribution in [-0.2, 0) is 72.1 Å². The van der Waals surface area contributed by atoms with Crippen molar-refractivity contribution in [2.75, 3.05) is 28.2 Å². The van der Waals surface area contributed by atoms with Gasteiger partial charge in [0.1, 0.15) is 11.4 Å². The van der Waals surface area contributed by atoms with Crippen LogP contribution in [0.25, 0.3) is 0 Å². The molecule has 0 fully saturated rings. The first-order valence-electron chi connectivity index (χ1n) is 48.6. The van der Waals surface area contributed by atoms with Gasteiger partial charge in [0.2, 0.25) is 0 Å². The Labute approximate surface area is 787 Å². The predicted molar refractivity (Wildman–Crippen MR) is 551 cm³/mol. The Morgan fingerprint density at radius 2 is 0.672 bits per heavy atom. The smallest absolute Gasteiger partial charge is 0.269 e. The zero-order valence-electron chi connectivity index (χ0n) is 89.1. The van der Waals surface area contributed by atoms with Crippen molar-refractivity contribution in [3.05, 3.63) is 212 Å². The van der Waals surface area contributed by atoms with Crippen LogP contribution >= 0.6 is 11.6 Å². The molecule has 17 nitrogen and oxygen atoms in total. The second kappa shape index (κ2) is 58.1. The average molecular weight is 1800 g/mol. The summed E-state index contributed by atoms with van der Waals surface area (Å²) >= 11 is 6.10. The molecular weight excluding hydrogens is 1600 g/mol. The molecule has 9 aromatic heterocycles. The van der Waals surface area contributed by atoms with E-state index in [0.29, 0.717) is 94.5 Å². The first kappa shape index (κ1) is 118. The van der Waals surface area contributed by atoms with Gasteiger partial charge in [-0.1, -0.05) is 261 Å². The summed E-state index contributed by atoms with van der Waals surface area (Å²) < 4.78 is 20.4. The van der Waals surface area contributed by atoms with Crippen LogP contribution in [0.2, 0.25) is 5.02 Å². The van der Waals surface area contributed by atoms with Crippen LogP contribution in [0, 0.1) is 67.1 Å². The van der Waals surface area contributed by atoms with Gasteiger partial charge in [0.05, 0.1) is 23.8 Å². The van der Waals surface area contributed by atoms with E-state index >= 15 is 0 Å². The van der Waals surface area contributed by atoms with Gasteiger partial charge in [-0.15, -0.1) is 0 Å². The number of halogens is 1. The number of carbonyl (C=O) groups excluding carboxylic acids is 3. The highest BCUT2D eigenvalue weighted by Gasteiger charge is 2.23. The molecule has 0 aliphatic heterocycles. The van der Waals surface area contributed by atoms with Crippen molar-refractivity contribution in [1.82, 2.24) is 50.9 Å². The first-order valence-corrected chi connectivity index (χ1v) is 49.0. The van der Waals surface area contributed by atoms with Crippen molar-refractivity contribution in [2.24, 2.45) is 59.0 Å². The lowest BCUT2D eigenvalue weighted by molar-refractivity contribution is 0.0812. The fourth-order valence-corrected chi connectivity index (χ4v) is 16.1. The summed E-state index contributed by atoms with van der Waals surface area (Å²) in [7, 11) is 7.17. The predicted octanol–water partition coefficient (Wildman–Crippen LogP) is 28.2. The van der Waals surface area contributed by atoms with Gasteiger partial charge in [0.25, 0.3) is 17.7 Å². The third-order valence-corrected chi connectivity index (χ3v) is 21.6. The number of primary amides is 1. The highest BCUT2D eigenvalue weighted by Crippen LogP contribution is 2.30. The van der Waals surface area contributed by atoms with Crippen LogP contribution < -0.4 is 5.73 Å². The van der Waals surface area contributed by atoms with Crippen LogP contribution in [0.5, 0.6) is 0 Å². The van der Waals surface area contributed by atoms with E-state index in [-0.39, 0.29) is 30.9 Å². The number of nitrogens with zero attached hydrogens (tertiary/aromatic N) is 11. The monoisotopic (exact) mass is 1790 g/mol. The molecule has 0 radical (unpaired) electrons. The summed E-state index contributed by atoms with van der Waals surface area (Å²) in [6, 6.07) is 29.2. The minimum atomic E-state index is -0.345. The molecular formula is C110H189ClN12O5. The van der Waals surface area contributed by atoms with Crippen molar-refractivity contribution < 1.29 is 24.6 Å². The van der Waals surface area contributed by atoms with Crippen molar-refractivity contribution in [3.8, 4) is 0 Å². The van der Waals surface area contributed by atoms with Crippen LogP contribution in [0.15, 0.2) is 116 Å². The van der Waals surface area contributed by atoms with E-state index in [4.69, 9.17) is 22.4 Å². The van der Waals surface area contributed by atoms with Crippen molar-refractivity contribution in [1.29, 1.82) is 0 Å². The minimum absolute atomic E-state index is 0.0782. The topological polar surface area (TPSA) is 169 Å². The Kier molecular flexibility index (Phi) is 53.7. The average Bonchev–Trinajstić information content (AvgIpc) is 1.65. The largest absolute Gasteiger partial charge is 0.392 e. The van der Waals surface area contributed by atoms with E-state index in [2.05, 4.69) is 373 Å². The molecule has 18 heteroatoms. The van der Waals surface area contributed by atoms with E-state index in [1.54, 1.807) is 38.0 Å². The molecule has 0 saturated carbocycles. The highest BCUT2D eigenvalue weighted by molar-refractivity contribution is 6.31. The molecule has 9 heterocycles. The normalized spacial score (nSPS) is 11.5. The Morgan fingerprint density at radius 1 is 0.328 bits per heavy atom. The molecule has 3 amide bonds. The summed E-state index contributed by atoms with van der Waals surface area (Å²) in [5.74, 6) is 10.3. The van der Waals surface area contributed by atoms with Gasteiger partial charge in [-0.25, -0.2) is 0 Å². The van der Waals surface area contributed by atoms with Crippen LogP contribution in [0.1, 0.15) is 408 Å². The summed E-state index contributed by atoms with van der Waals surface area (Å²) in [6.07, 6.45) is 10.6. The van der Waals surface area contributed by atoms with Crippen molar-refractivity contribution >= 4 is 29.3 Å². The number of aliphatic hydroxyl groups is 2. The van der Waals surface area contributed by atoms with Crippen molar-refractivity contribution in [3.63, 3.8) is 0 Å². The zero-order valence-corrected chi connectivity index (χ0v) is 89.9. The lowest BCUT2D eigenvalue weighted by Gasteiger charge is -2.19. The summed E-state index contributed by atoms with van der Waals surface area (Å²) in [4.78, 5) is 38.5. The van der Waals surface area contributed by atoms with Gasteiger partial charge in [-0.2, -0.15) is 0 Å². The second-order valence-corrected chi connectivity index (χ2v) is 42.9. The van der Waals surface area contributed by atoms with E-state index < -0.39 is 0 Å². The maximum Gasteiger partial charge on any atom is 0.269 e. The molecule has 0 aliphatic carbocycles. The number of nitrogens with two attached hydrogens (primary N) is 1. The zero-order chi connectivity index (χ0) is 98.5. The fourth-order valence-electron chi connectivity index (χ4n) is 15.7. The van der Waals surface area contributed by atoms with Gasteiger partial charge in [-0.3, -0.25) is 14.4 Å². The number of hydrogen-bond acceptors (Lipinski definition) is 5. The Morgan fingerprint density at radius 3 is 1.07 bits per heavy atom. The maximum absolute atomic E-state index is 12.1. The Balaban J connectivity index is 0.000000721. The molecule has 9 rings (SSSR count). The third kappa shape index (κ3) is 40.9. The first-order chi connectivity index (χ1) is 59.3. The Bertz CT molecular complexity index is 4530. The van der Waals surface area contributed by atoms with Crippen LogP contribution in [0.3, 0.4) is 0 Å². The van der Waals surface area contributed by atoms with E-state index in [1.807, 2.05) is 47.2 Å². The van der Waals surface area contributed by atoms with Crippen LogP contribution in [0.4, 0.5) is 0 Å². The summed E-state index contributed by atoms with van der Waals surface area (Å²) in [5, 5.41) is 19.2. The van der Waals surface area contributed by atoms with E-state index in [9.17, 15) is 19.5 Å². The molecule has 0 saturated heterocycles. The molecule has 726 valence electrons. The quantitative estimate of drug-likeness (QED) is 0.0381. The van der Waals surface area contributed by atoms with Crippen LogP contribution in [-0.4, -0.2) is 107 Å². The standard InChI is InChI=1S/2C14H24N2O.C12H20N2O.2C12H21NO.2C12H21N.C11H18ClN.C11H19N/c1-10(2)8-16-9-12(14(17)15(5)6)7-13(16)11(3)4;1-10(2)9-16-12(11(3)4)7-8-13(16)14(17)15(5)6;1-8(2)7-14-10(9(3)4)5-6-11(14)12(13)15;1-9(2)6-13-7-11(8-14)5-12(13)10(3)4;1-9(2)7-13-11(8-14)5-6-12(13)10(3)4;1-9(2)7-13-8-11(5)6-12(13)10(3)4;1-9(2)8-13-11(5)6-7-12(13)10(3)4;1-8(2)7-13-6-5-10(12)11(13)9(3)4;1-9(2)8-12-7-5-6-11(12)10(3)4/h7,9-11H,8H2,1-6H3;7-8,10-11H,9H2,1-6H3;5-6,8-9H,7H2,1-4H3,(H2,13,15);5,7,9-10,14H,6,8H2,1-4H3;5-6,9-10,14H,7-8H2,1-4H3;6,8-10H,7H2,1-5H3;6-7,9-10H,8H2,1-5H3;5-6,8-9H,7H2,1-4H3;5-7,9-10H,8H2,1-4H3. The van der Waals surface area contributed by atoms with E-state index in [0.717, 1.165) is 104 Å². The summed E-state index contributed by atoms with van der Waals surface area (Å²) in [5.41, 5.74) is 24.3. The van der Waals surface area contributed by atoms with Gasteiger partial charge < -0.3 is 66.9 Å². The molecule has 0 aromatic carbocycles. The number of aryl methyl sites for hydroxylation is 2. The molecule has 0 bridgehead atoms. The molecule has 0 unspecified atom stereocenters. The number of rotatable bonds is 32. The maximum atomic E-state index is 12.1. The number of carbonyl (C=O) groups is 3. The number of amides is 3. The SMILES string of the molecule is CC(C)Cn1c(C(=O)N(C)C)ccc1C(C)C.CC(C)Cn1c(C(N)=O)ccc1C(C)C.CC(C)Cn1c(CO)ccc1C(C)C.CC(C)Cn1cc(C(=O)N(C)C)cc1C(C)C.CC(C)Cn1cc(CO)cc1C(C)C.CC(C)Cn1ccc(Cl)c1C(C)C.CC(C)Cn1cccc1C(C)C.Cc1cc(C(C)C)n(CC(C)C)c1.Cc1ccc(C(C)C)n1CC(C)C.